The number of rotatable bonds is 9. The molecule has 0 unspecified atom stereocenters. The van der Waals surface area contributed by atoms with Crippen LogP contribution in [-0.2, 0) is 30.3 Å². The van der Waals surface area contributed by atoms with Crippen molar-refractivity contribution >= 4 is 24.1 Å². The molecule has 0 aromatic heterocycles. The summed E-state index contributed by atoms with van der Waals surface area (Å²) < 4.78 is 20.6. The molecule has 0 heterocycles. The number of hydrogen-bond donors (Lipinski definition) is 3. The Labute approximate surface area is 211 Å². The van der Waals surface area contributed by atoms with Crippen LogP contribution in [0.5, 0.6) is 5.75 Å². The summed E-state index contributed by atoms with van der Waals surface area (Å²) >= 11 is 0. The molecule has 0 bridgehead atoms. The van der Waals surface area contributed by atoms with Crippen molar-refractivity contribution in [1.29, 1.82) is 0 Å². The number of guanidine groups is 1. The van der Waals surface area contributed by atoms with Crippen LogP contribution < -0.4 is 21.1 Å². The topological polar surface area (TPSA) is 160 Å². The molecule has 0 aliphatic carbocycles. The Bertz CT molecular complexity index is 857. The maximum absolute atomic E-state index is 12.0. The van der Waals surface area contributed by atoms with Crippen molar-refractivity contribution in [2.24, 2.45) is 10.9 Å². The van der Waals surface area contributed by atoms with Crippen LogP contribution in [0.4, 0.5) is 9.59 Å². The van der Waals surface area contributed by atoms with Crippen LogP contribution in [0.3, 0.4) is 0 Å². The molecule has 202 valence electrons. The van der Waals surface area contributed by atoms with E-state index in [9.17, 15) is 14.4 Å². The van der Waals surface area contributed by atoms with Crippen molar-refractivity contribution in [1.82, 2.24) is 10.6 Å². The van der Waals surface area contributed by atoms with Gasteiger partial charge in [0.25, 0.3) is 5.96 Å². The minimum atomic E-state index is -0.819. The molecule has 36 heavy (non-hydrogen) atoms. The van der Waals surface area contributed by atoms with Crippen LogP contribution in [0.25, 0.3) is 0 Å². The fourth-order valence-electron chi connectivity index (χ4n) is 2.51. The van der Waals surface area contributed by atoms with Gasteiger partial charge in [0.05, 0.1) is 13.7 Å². The number of carbonyl (C=O) groups is 3. The third-order valence-electron chi connectivity index (χ3n) is 3.93. The average molecular weight is 511 g/mol. The Balaban J connectivity index is 2.54. The van der Waals surface area contributed by atoms with E-state index >= 15 is 0 Å². The number of nitrogens with one attached hydrogen (secondary N) is 2. The molecule has 0 spiro atoms. The van der Waals surface area contributed by atoms with Crippen LogP contribution in [0.1, 0.15) is 53.5 Å². The summed E-state index contributed by atoms with van der Waals surface area (Å²) in [6, 6.07) is 6.45. The van der Waals surface area contributed by atoms with Crippen LogP contribution in [0, 0.1) is 0 Å². The molecule has 12 nitrogen and oxygen atoms in total. The molecular formula is C24H38N4O8. The first-order valence-corrected chi connectivity index (χ1v) is 11.4. The molecule has 0 saturated carbocycles. The zero-order chi connectivity index (χ0) is 27.4. The second-order valence-electron chi connectivity index (χ2n) is 9.71. The zero-order valence-corrected chi connectivity index (χ0v) is 22.0. The summed E-state index contributed by atoms with van der Waals surface area (Å²) in [7, 11) is 1.30. The number of benzene rings is 1. The molecule has 1 atom stereocenters. The maximum atomic E-state index is 12.0. The molecule has 1 rings (SSSR count). The van der Waals surface area contributed by atoms with Gasteiger partial charge in [-0.3, -0.25) is 15.4 Å². The van der Waals surface area contributed by atoms with E-state index in [0.29, 0.717) is 25.2 Å². The molecule has 0 fully saturated rings. The second kappa shape index (κ2) is 14.1. The Hall–Kier alpha value is -3.54. The predicted octanol–water partition coefficient (Wildman–Crippen LogP) is 2.84. The van der Waals surface area contributed by atoms with E-state index < -0.39 is 35.4 Å². The van der Waals surface area contributed by atoms with E-state index in [0.717, 1.165) is 5.56 Å². The first-order valence-electron chi connectivity index (χ1n) is 11.4. The van der Waals surface area contributed by atoms with Gasteiger partial charge >= 0.3 is 18.2 Å². The molecule has 2 amide bonds. The molecular weight excluding hydrogens is 472 g/mol. The molecule has 1 aromatic rings. The second-order valence-corrected chi connectivity index (χ2v) is 9.71. The van der Waals surface area contributed by atoms with Crippen molar-refractivity contribution in [2.45, 2.75) is 71.6 Å². The molecule has 0 saturated heterocycles. The maximum Gasteiger partial charge on any atom is 0.414 e. The van der Waals surface area contributed by atoms with Crippen LogP contribution in [0.15, 0.2) is 29.4 Å². The summed E-state index contributed by atoms with van der Waals surface area (Å²) in [6.45, 7) is 10.7. The molecule has 12 heteroatoms. The molecule has 1 aromatic carbocycles. The molecule has 0 radical (unpaired) electrons. The van der Waals surface area contributed by atoms with Gasteiger partial charge in [0.2, 0.25) is 0 Å². The van der Waals surface area contributed by atoms with Gasteiger partial charge in [0.15, 0.2) is 0 Å². The van der Waals surface area contributed by atoms with E-state index in [1.165, 1.54) is 7.11 Å². The van der Waals surface area contributed by atoms with Crippen LogP contribution in [0.2, 0.25) is 0 Å². The van der Waals surface area contributed by atoms with Gasteiger partial charge in [-0.05, 0) is 70.8 Å². The quantitative estimate of drug-likeness (QED) is 0.113. The van der Waals surface area contributed by atoms with Crippen molar-refractivity contribution < 1.29 is 38.2 Å². The summed E-state index contributed by atoms with van der Waals surface area (Å²) in [6.07, 6.45) is -0.819. The normalized spacial score (nSPS) is 12.0. The average Bonchev–Trinajstić information content (AvgIpc) is 2.73. The first-order chi connectivity index (χ1) is 16.7. The highest BCUT2D eigenvalue weighted by Crippen LogP contribution is 2.14. The van der Waals surface area contributed by atoms with Gasteiger partial charge in [0, 0.05) is 6.42 Å². The fraction of sp³-hybridized carbons (Fsp3) is 0.583. The number of hydrogen-bond acceptors (Lipinski definition) is 10. The predicted molar refractivity (Wildman–Crippen MR) is 132 cm³/mol. The van der Waals surface area contributed by atoms with E-state index in [1.54, 1.807) is 53.7 Å². The number of ether oxygens (including phenoxy) is 4. The number of amides is 2. The number of nitrogens with two attached hydrogens (primary N) is 1. The summed E-state index contributed by atoms with van der Waals surface area (Å²) in [5, 5.41) is 8.39. The Morgan fingerprint density at radius 1 is 0.917 bits per heavy atom. The van der Waals surface area contributed by atoms with Gasteiger partial charge in [-0.15, -0.1) is 0 Å². The minimum Gasteiger partial charge on any atom is -0.493 e. The number of carbonyl (C=O) groups excluding carboxylic acids is 3. The van der Waals surface area contributed by atoms with E-state index in [-0.39, 0.29) is 12.6 Å². The number of alkyl carbamates (subject to hydrolysis) is 2. The van der Waals surface area contributed by atoms with Crippen molar-refractivity contribution in [3.8, 4) is 5.75 Å². The summed E-state index contributed by atoms with van der Waals surface area (Å²) in [5.74, 6) is -0.114. The Kier molecular flexibility index (Phi) is 12.0. The van der Waals surface area contributed by atoms with E-state index in [1.807, 2.05) is 12.1 Å². The van der Waals surface area contributed by atoms with Gasteiger partial charge in [-0.1, -0.05) is 12.1 Å². The lowest BCUT2D eigenvalue weighted by molar-refractivity contribution is -0.142. The monoisotopic (exact) mass is 510 g/mol. The minimum absolute atomic E-state index is 0.140. The third-order valence-corrected chi connectivity index (χ3v) is 3.93. The standard InChI is InChI=1S/C24H38N4O8/c1-23(2,3)35-21(30)26-20(27-22(31)36-24(4,5)6)28-34-14-8-13-33-17-11-9-16(10-12-17)15-18(25)19(29)32-7/h9-12,18H,8,13-15,25H2,1-7H3,(H2,26,27,28,30,31)/t18-/m0/s1. The lowest BCUT2D eigenvalue weighted by atomic mass is 10.1. The van der Waals surface area contributed by atoms with Crippen molar-refractivity contribution in [2.75, 3.05) is 20.3 Å². The zero-order valence-electron chi connectivity index (χ0n) is 22.0. The van der Waals surface area contributed by atoms with Crippen LogP contribution >= 0.6 is 0 Å². The SMILES string of the molecule is COC(=O)[C@@H](N)Cc1ccc(OCCCON=C(NC(=O)OC(C)(C)C)NC(=O)OC(C)(C)C)cc1. The smallest absolute Gasteiger partial charge is 0.414 e. The number of methoxy groups -OCH3 is 1. The fourth-order valence-corrected chi connectivity index (χ4v) is 2.51. The Morgan fingerprint density at radius 2 is 1.44 bits per heavy atom. The van der Waals surface area contributed by atoms with Gasteiger partial charge < -0.3 is 29.5 Å². The number of oxime groups is 1. The van der Waals surface area contributed by atoms with Gasteiger partial charge in [-0.2, -0.15) is 0 Å². The highest BCUT2D eigenvalue weighted by Gasteiger charge is 2.21. The lowest BCUT2D eigenvalue weighted by Crippen LogP contribution is -2.47. The van der Waals surface area contributed by atoms with Crippen molar-refractivity contribution in [3.63, 3.8) is 0 Å². The summed E-state index contributed by atoms with van der Waals surface area (Å²) in [4.78, 5) is 40.7. The molecule has 4 N–H and O–H groups in total. The molecule has 0 aliphatic heterocycles. The number of esters is 1. The van der Waals surface area contributed by atoms with E-state index in [4.69, 9.17) is 24.8 Å². The third kappa shape index (κ3) is 14.0. The van der Waals surface area contributed by atoms with Gasteiger partial charge in [0.1, 0.15) is 29.6 Å². The van der Waals surface area contributed by atoms with Crippen LogP contribution in [-0.4, -0.2) is 61.7 Å². The highest BCUT2D eigenvalue weighted by atomic mass is 16.6. The number of nitrogens with zero attached hydrogens (tertiary/aromatic N) is 1. The molecule has 0 aliphatic rings. The Morgan fingerprint density at radius 3 is 1.92 bits per heavy atom. The lowest BCUT2D eigenvalue weighted by Gasteiger charge is -2.21. The van der Waals surface area contributed by atoms with Crippen molar-refractivity contribution in [3.05, 3.63) is 29.8 Å². The van der Waals surface area contributed by atoms with Gasteiger partial charge in [-0.25, -0.2) is 9.59 Å². The van der Waals surface area contributed by atoms with E-state index in [2.05, 4.69) is 20.5 Å². The first kappa shape index (κ1) is 30.5. The highest BCUT2D eigenvalue weighted by molar-refractivity contribution is 6.01. The largest absolute Gasteiger partial charge is 0.493 e. The summed E-state index contributed by atoms with van der Waals surface area (Å²) in [5.41, 5.74) is 5.15.